The van der Waals surface area contributed by atoms with Crippen molar-refractivity contribution in [3.63, 3.8) is 0 Å². The number of carbonyl (C=O) groups excluding carboxylic acids is 1. The normalized spacial score (nSPS) is 15.0. The van der Waals surface area contributed by atoms with Crippen LogP contribution in [0.1, 0.15) is 48.0 Å². The molecule has 5 nitrogen and oxygen atoms in total. The zero-order valence-electron chi connectivity index (χ0n) is 15.2. The highest BCUT2D eigenvalue weighted by Gasteiger charge is 2.27. The van der Waals surface area contributed by atoms with Crippen LogP contribution in [-0.4, -0.2) is 26.8 Å². The largest absolute Gasteiger partial charge is 0.331 e. The minimum atomic E-state index is -0.131. The van der Waals surface area contributed by atoms with Crippen molar-refractivity contribution in [2.24, 2.45) is 0 Å². The van der Waals surface area contributed by atoms with Crippen LogP contribution in [0, 0.1) is 0 Å². The summed E-state index contributed by atoms with van der Waals surface area (Å²) in [7, 11) is 0. The molecule has 2 aromatic heterocycles. The van der Waals surface area contributed by atoms with Gasteiger partial charge in [-0.1, -0.05) is 37.5 Å². The van der Waals surface area contributed by atoms with Gasteiger partial charge >= 0.3 is 0 Å². The first kappa shape index (κ1) is 17.5. The monoisotopic (exact) mass is 361 g/mol. The highest BCUT2D eigenvalue weighted by atomic mass is 16.2. The third-order valence-corrected chi connectivity index (χ3v) is 5.36. The molecule has 1 fully saturated rings. The van der Waals surface area contributed by atoms with Crippen LogP contribution in [0.3, 0.4) is 0 Å². The third-order valence-electron chi connectivity index (χ3n) is 5.36. The number of aromatic amines is 1. The van der Waals surface area contributed by atoms with E-state index < -0.39 is 0 Å². The molecular formula is C22H23N3O2. The Labute approximate surface area is 158 Å². The Morgan fingerprint density at radius 2 is 1.93 bits per heavy atom. The van der Waals surface area contributed by atoms with Gasteiger partial charge < -0.3 is 9.88 Å². The molecule has 27 heavy (non-hydrogen) atoms. The van der Waals surface area contributed by atoms with E-state index in [1.165, 1.54) is 6.42 Å². The Balaban J connectivity index is 1.69. The number of benzene rings is 1. The lowest BCUT2D eigenvalue weighted by atomic mass is 9.93. The summed E-state index contributed by atoms with van der Waals surface area (Å²) in [4.78, 5) is 34.7. The summed E-state index contributed by atoms with van der Waals surface area (Å²) >= 11 is 0. The van der Waals surface area contributed by atoms with Crippen molar-refractivity contribution >= 4 is 16.8 Å². The number of rotatable bonds is 4. The summed E-state index contributed by atoms with van der Waals surface area (Å²) in [6.45, 7) is 0.318. The van der Waals surface area contributed by atoms with Crippen molar-refractivity contribution in [3.8, 4) is 0 Å². The van der Waals surface area contributed by atoms with Crippen LogP contribution in [0.2, 0.25) is 0 Å². The standard InChI is InChI=1S/C22H23N3O2/c26-21-18(13-16-7-4-5-11-20(16)24-21)15-25(19-9-2-1-3-10-19)22(27)17-8-6-12-23-14-17/h4-8,11-14,19H,1-3,9-10,15H2,(H,24,26). The van der Waals surface area contributed by atoms with Crippen LogP contribution in [0.25, 0.3) is 10.9 Å². The highest BCUT2D eigenvalue weighted by Crippen LogP contribution is 2.25. The molecule has 2 heterocycles. The van der Waals surface area contributed by atoms with Crippen molar-refractivity contribution in [2.75, 3.05) is 0 Å². The minimum absolute atomic E-state index is 0.0532. The smallest absolute Gasteiger partial charge is 0.255 e. The van der Waals surface area contributed by atoms with Crippen molar-refractivity contribution in [1.82, 2.24) is 14.9 Å². The van der Waals surface area contributed by atoms with E-state index in [0.717, 1.165) is 36.6 Å². The van der Waals surface area contributed by atoms with Gasteiger partial charge in [0.1, 0.15) is 0 Å². The zero-order valence-corrected chi connectivity index (χ0v) is 15.2. The zero-order chi connectivity index (χ0) is 18.6. The van der Waals surface area contributed by atoms with Crippen molar-refractivity contribution in [3.05, 3.63) is 76.3 Å². The number of fused-ring (bicyclic) bond motifs is 1. The summed E-state index contributed by atoms with van der Waals surface area (Å²) in [5, 5.41) is 0.976. The average molecular weight is 361 g/mol. The predicted molar refractivity (Wildman–Crippen MR) is 106 cm³/mol. The molecule has 0 unspecified atom stereocenters. The predicted octanol–water partition coefficient (Wildman–Crippen LogP) is 3.90. The molecule has 1 amide bonds. The van der Waals surface area contributed by atoms with Crippen LogP contribution < -0.4 is 5.56 Å². The quantitative estimate of drug-likeness (QED) is 0.766. The van der Waals surface area contributed by atoms with Crippen molar-refractivity contribution < 1.29 is 4.79 Å². The number of pyridine rings is 2. The second kappa shape index (κ2) is 7.74. The molecule has 0 bridgehead atoms. The summed E-state index contributed by atoms with van der Waals surface area (Å²) < 4.78 is 0. The van der Waals surface area contributed by atoms with Crippen LogP contribution in [0.5, 0.6) is 0 Å². The number of para-hydroxylation sites is 1. The molecule has 1 aromatic carbocycles. The van der Waals surface area contributed by atoms with Gasteiger partial charge in [0.2, 0.25) is 0 Å². The molecule has 1 N–H and O–H groups in total. The van der Waals surface area contributed by atoms with Gasteiger partial charge in [0.25, 0.3) is 11.5 Å². The molecule has 1 aliphatic rings. The fourth-order valence-electron chi connectivity index (χ4n) is 3.91. The van der Waals surface area contributed by atoms with E-state index >= 15 is 0 Å². The number of carbonyl (C=O) groups is 1. The second-order valence-electron chi connectivity index (χ2n) is 7.18. The minimum Gasteiger partial charge on any atom is -0.331 e. The molecule has 0 saturated heterocycles. The lowest BCUT2D eigenvalue weighted by molar-refractivity contribution is 0.0613. The molecule has 0 aliphatic heterocycles. The maximum Gasteiger partial charge on any atom is 0.255 e. The third kappa shape index (κ3) is 3.77. The summed E-state index contributed by atoms with van der Waals surface area (Å²) in [5.41, 5.74) is 1.87. The molecule has 4 rings (SSSR count). The van der Waals surface area contributed by atoms with Gasteiger partial charge in [-0.2, -0.15) is 0 Å². The van der Waals surface area contributed by atoms with Crippen molar-refractivity contribution in [1.29, 1.82) is 0 Å². The lowest BCUT2D eigenvalue weighted by Crippen LogP contribution is -2.42. The van der Waals surface area contributed by atoms with Gasteiger partial charge in [0.15, 0.2) is 0 Å². The molecule has 0 atom stereocenters. The highest BCUT2D eigenvalue weighted by molar-refractivity contribution is 5.94. The van der Waals surface area contributed by atoms with E-state index in [-0.39, 0.29) is 17.5 Å². The second-order valence-corrected chi connectivity index (χ2v) is 7.18. The van der Waals surface area contributed by atoms with E-state index in [9.17, 15) is 9.59 Å². The number of nitrogens with zero attached hydrogens (tertiary/aromatic N) is 2. The van der Waals surface area contributed by atoms with Gasteiger partial charge in [-0.25, -0.2) is 0 Å². The molecule has 138 valence electrons. The van der Waals surface area contributed by atoms with Crippen LogP contribution in [0.15, 0.2) is 59.7 Å². The first-order valence-electron chi connectivity index (χ1n) is 9.54. The van der Waals surface area contributed by atoms with E-state index in [4.69, 9.17) is 0 Å². The number of hydrogen-bond donors (Lipinski definition) is 1. The Bertz CT molecular complexity index is 991. The molecule has 0 spiro atoms. The molecular weight excluding hydrogens is 338 g/mol. The number of hydrogen-bond acceptors (Lipinski definition) is 3. The van der Waals surface area contributed by atoms with Crippen LogP contribution in [0.4, 0.5) is 0 Å². The van der Waals surface area contributed by atoms with Gasteiger partial charge in [-0.15, -0.1) is 0 Å². The van der Waals surface area contributed by atoms with E-state index in [1.54, 1.807) is 24.5 Å². The van der Waals surface area contributed by atoms with Crippen molar-refractivity contribution in [2.45, 2.75) is 44.7 Å². The van der Waals surface area contributed by atoms with E-state index in [0.29, 0.717) is 17.7 Å². The number of amides is 1. The first-order valence-corrected chi connectivity index (χ1v) is 9.54. The number of H-pyrrole nitrogens is 1. The number of nitrogens with one attached hydrogen (secondary N) is 1. The molecule has 3 aromatic rings. The summed E-state index contributed by atoms with van der Waals surface area (Å²) in [5.74, 6) is -0.0532. The number of aromatic nitrogens is 2. The Kier molecular flexibility index (Phi) is 5.01. The van der Waals surface area contributed by atoms with Gasteiger partial charge in [-0.05, 0) is 42.5 Å². The summed E-state index contributed by atoms with van der Waals surface area (Å²) in [6.07, 6.45) is 8.68. The average Bonchev–Trinajstić information content (AvgIpc) is 2.73. The Morgan fingerprint density at radius 1 is 1.11 bits per heavy atom. The SMILES string of the molecule is O=C(c1cccnc1)N(Cc1cc2ccccc2[nH]c1=O)C1CCCCC1. The maximum atomic E-state index is 13.2. The fraction of sp³-hybridized carbons (Fsp3) is 0.318. The van der Waals surface area contributed by atoms with Crippen LogP contribution in [-0.2, 0) is 6.54 Å². The van der Waals surface area contributed by atoms with E-state index in [2.05, 4.69) is 9.97 Å². The van der Waals surface area contributed by atoms with E-state index in [1.807, 2.05) is 35.2 Å². The molecule has 1 aliphatic carbocycles. The fourth-order valence-corrected chi connectivity index (χ4v) is 3.91. The Hall–Kier alpha value is -2.95. The first-order chi connectivity index (χ1) is 13.2. The van der Waals surface area contributed by atoms with Gasteiger partial charge in [-0.3, -0.25) is 14.6 Å². The topological polar surface area (TPSA) is 66.1 Å². The maximum absolute atomic E-state index is 13.2. The van der Waals surface area contributed by atoms with Gasteiger partial charge in [0.05, 0.1) is 12.1 Å². The van der Waals surface area contributed by atoms with Crippen LogP contribution >= 0.6 is 0 Å². The van der Waals surface area contributed by atoms with Gasteiger partial charge in [0, 0.05) is 29.5 Å². The molecule has 5 heteroatoms. The summed E-state index contributed by atoms with van der Waals surface area (Å²) in [6, 6.07) is 13.3. The molecule has 0 radical (unpaired) electrons. The Morgan fingerprint density at radius 3 is 2.70 bits per heavy atom. The lowest BCUT2D eigenvalue weighted by Gasteiger charge is -2.34. The molecule has 1 saturated carbocycles.